The van der Waals surface area contributed by atoms with Gasteiger partial charge in [0.1, 0.15) is 5.02 Å². The van der Waals surface area contributed by atoms with Crippen molar-refractivity contribution < 1.29 is 4.39 Å². The molecule has 0 aliphatic heterocycles. The van der Waals surface area contributed by atoms with Crippen LogP contribution in [0.3, 0.4) is 0 Å². The van der Waals surface area contributed by atoms with Gasteiger partial charge in [-0.3, -0.25) is 0 Å². The fraction of sp³-hybridized carbons (Fsp3) is 0. The van der Waals surface area contributed by atoms with Crippen molar-refractivity contribution >= 4 is 23.2 Å². The van der Waals surface area contributed by atoms with E-state index in [9.17, 15) is 4.39 Å². The molecule has 0 aromatic carbocycles. The lowest BCUT2D eigenvalue weighted by molar-refractivity contribution is 0.549. The Balaban J connectivity index is 3.25. The number of rotatable bonds is 0. The summed E-state index contributed by atoms with van der Waals surface area (Å²) >= 11 is 10.4. The van der Waals surface area contributed by atoms with Gasteiger partial charge in [0.25, 0.3) is 5.95 Å². The monoisotopic (exact) mass is 167 g/mol. The highest BCUT2D eigenvalue weighted by atomic mass is 35.5. The van der Waals surface area contributed by atoms with Crippen LogP contribution in [-0.4, -0.2) is 15.4 Å². The summed E-state index contributed by atoms with van der Waals surface area (Å²) < 4.78 is 12.1. The largest absolute Gasteiger partial charge is 0.256 e. The molecule has 0 N–H and O–H groups in total. The average Bonchev–Trinajstić information content (AvgIpc) is 1.83. The first-order valence-corrected chi connectivity index (χ1v) is 2.67. The Bertz CT molecular complexity index is 208. The Kier molecular flexibility index (Phi) is 1.78. The van der Waals surface area contributed by atoms with E-state index in [4.69, 9.17) is 23.2 Å². The van der Waals surface area contributed by atoms with E-state index in [1.165, 1.54) is 0 Å². The molecule has 0 radical (unpaired) electrons. The van der Waals surface area contributed by atoms with Crippen LogP contribution < -0.4 is 0 Å². The third-order valence-corrected chi connectivity index (χ3v) is 1.32. The van der Waals surface area contributed by atoms with Gasteiger partial charge in [0.2, 0.25) is 0 Å². The summed E-state index contributed by atoms with van der Waals surface area (Å²) in [4.78, 5) is 0. The highest BCUT2D eigenvalue weighted by molar-refractivity contribution is 6.41. The number of aromatic nitrogens is 3. The van der Waals surface area contributed by atoms with E-state index in [0.29, 0.717) is 0 Å². The summed E-state index contributed by atoms with van der Waals surface area (Å²) in [6.07, 6.45) is 0. The summed E-state index contributed by atoms with van der Waals surface area (Å²) in [5.41, 5.74) is 0. The van der Waals surface area contributed by atoms with Gasteiger partial charge in [-0.2, -0.15) is 4.39 Å². The minimum absolute atomic E-state index is 0.177. The maximum absolute atomic E-state index is 12.1. The number of nitrogens with zero attached hydrogens (tertiary/aromatic N) is 3. The molecule has 0 aliphatic rings. The first-order valence-electron chi connectivity index (χ1n) is 1.91. The molecule has 0 bridgehead atoms. The summed E-state index contributed by atoms with van der Waals surface area (Å²) in [5.74, 6) is -0.906. The van der Waals surface area contributed by atoms with Gasteiger partial charge in [-0.1, -0.05) is 28.3 Å². The van der Waals surface area contributed by atoms with Crippen LogP contribution in [0.5, 0.6) is 0 Å². The van der Waals surface area contributed by atoms with Gasteiger partial charge in [0, 0.05) is 0 Å². The lowest BCUT2D eigenvalue weighted by Gasteiger charge is -1.89. The standard InChI is InChI=1S/C3Cl2FN3/c4-1-2(5)7-9-8-3(1)6. The maximum Gasteiger partial charge on any atom is 0.256 e. The molecule has 0 spiro atoms. The van der Waals surface area contributed by atoms with Gasteiger partial charge < -0.3 is 0 Å². The summed E-state index contributed by atoms with van der Waals surface area (Å²) in [5, 5.41) is 8.54. The molecule has 1 heterocycles. The molecule has 0 saturated heterocycles. The summed E-state index contributed by atoms with van der Waals surface area (Å²) in [7, 11) is 0. The number of halogens is 3. The second-order valence-electron chi connectivity index (χ2n) is 1.19. The molecule has 9 heavy (non-hydrogen) atoms. The van der Waals surface area contributed by atoms with Gasteiger partial charge in [0.05, 0.1) is 0 Å². The topological polar surface area (TPSA) is 38.7 Å². The SMILES string of the molecule is Fc1nnnc(Cl)c1Cl. The fourth-order valence-corrected chi connectivity index (χ4v) is 0.461. The highest BCUT2D eigenvalue weighted by Gasteiger charge is 2.05. The van der Waals surface area contributed by atoms with E-state index in [-0.39, 0.29) is 10.2 Å². The van der Waals surface area contributed by atoms with Gasteiger partial charge in [-0.05, 0) is 5.21 Å². The first-order chi connectivity index (χ1) is 4.22. The summed E-state index contributed by atoms with van der Waals surface area (Å²) in [6.45, 7) is 0. The van der Waals surface area contributed by atoms with Crippen molar-refractivity contribution in [3.8, 4) is 0 Å². The third kappa shape index (κ3) is 1.25. The van der Waals surface area contributed by atoms with Crippen molar-refractivity contribution in [3.63, 3.8) is 0 Å². The average molecular weight is 168 g/mol. The van der Waals surface area contributed by atoms with Crippen molar-refractivity contribution in [3.05, 3.63) is 16.1 Å². The highest BCUT2D eigenvalue weighted by Crippen LogP contribution is 2.18. The molecular weight excluding hydrogens is 168 g/mol. The molecule has 0 amide bonds. The normalized spacial score (nSPS) is 9.67. The van der Waals surface area contributed by atoms with Crippen LogP contribution in [0.2, 0.25) is 10.2 Å². The Morgan fingerprint density at radius 1 is 1.22 bits per heavy atom. The molecule has 1 rings (SSSR count). The van der Waals surface area contributed by atoms with Crippen molar-refractivity contribution in [2.45, 2.75) is 0 Å². The predicted octanol–water partition coefficient (Wildman–Crippen LogP) is 1.32. The van der Waals surface area contributed by atoms with Crippen molar-refractivity contribution in [1.29, 1.82) is 0 Å². The van der Waals surface area contributed by atoms with E-state index in [2.05, 4.69) is 15.4 Å². The van der Waals surface area contributed by atoms with Crippen molar-refractivity contribution in [2.24, 2.45) is 0 Å². The molecule has 0 atom stereocenters. The van der Waals surface area contributed by atoms with E-state index in [0.717, 1.165) is 0 Å². The lowest BCUT2D eigenvalue weighted by atomic mass is 10.7. The van der Waals surface area contributed by atoms with Crippen molar-refractivity contribution in [1.82, 2.24) is 15.4 Å². The fourth-order valence-electron chi connectivity index (χ4n) is 0.274. The zero-order chi connectivity index (χ0) is 6.85. The second-order valence-corrected chi connectivity index (χ2v) is 1.92. The third-order valence-electron chi connectivity index (χ3n) is 0.627. The predicted molar refractivity (Wildman–Crippen MR) is 29.8 cm³/mol. The number of hydrogen-bond acceptors (Lipinski definition) is 3. The summed E-state index contributed by atoms with van der Waals surface area (Å²) in [6, 6.07) is 0. The zero-order valence-corrected chi connectivity index (χ0v) is 5.49. The van der Waals surface area contributed by atoms with Gasteiger partial charge >= 0.3 is 0 Å². The quantitative estimate of drug-likeness (QED) is 0.586. The van der Waals surface area contributed by atoms with E-state index < -0.39 is 5.95 Å². The zero-order valence-electron chi connectivity index (χ0n) is 3.98. The Morgan fingerprint density at radius 3 is 2.33 bits per heavy atom. The van der Waals surface area contributed by atoms with Gasteiger partial charge in [-0.15, -0.1) is 5.10 Å². The van der Waals surface area contributed by atoms with Crippen LogP contribution in [0, 0.1) is 5.95 Å². The lowest BCUT2D eigenvalue weighted by Crippen LogP contribution is -1.92. The molecule has 6 heteroatoms. The van der Waals surface area contributed by atoms with Crippen LogP contribution in [0.4, 0.5) is 4.39 Å². The van der Waals surface area contributed by atoms with Gasteiger partial charge in [-0.25, -0.2) is 0 Å². The molecule has 0 aliphatic carbocycles. The van der Waals surface area contributed by atoms with Crippen LogP contribution in [-0.2, 0) is 0 Å². The first kappa shape index (κ1) is 6.64. The molecule has 0 unspecified atom stereocenters. The Hall–Kier alpha value is -0.480. The van der Waals surface area contributed by atoms with Gasteiger partial charge in [0.15, 0.2) is 5.15 Å². The van der Waals surface area contributed by atoms with Crippen LogP contribution in [0.15, 0.2) is 0 Å². The minimum atomic E-state index is -0.906. The molecular formula is C3Cl2FN3. The molecule has 0 saturated carbocycles. The Labute approximate surface area is 59.8 Å². The van der Waals surface area contributed by atoms with E-state index in [1.54, 1.807) is 0 Å². The van der Waals surface area contributed by atoms with E-state index >= 15 is 0 Å². The Morgan fingerprint density at radius 2 is 1.89 bits per heavy atom. The van der Waals surface area contributed by atoms with Crippen LogP contribution in [0.1, 0.15) is 0 Å². The maximum atomic E-state index is 12.1. The molecule has 1 aromatic heterocycles. The smallest absolute Gasteiger partial charge is 0.181 e. The van der Waals surface area contributed by atoms with Crippen LogP contribution >= 0.6 is 23.2 Å². The molecule has 0 fully saturated rings. The van der Waals surface area contributed by atoms with E-state index in [1.807, 2.05) is 0 Å². The second kappa shape index (κ2) is 2.41. The minimum Gasteiger partial charge on any atom is -0.181 e. The molecule has 3 nitrogen and oxygen atoms in total. The molecule has 1 aromatic rings. The number of hydrogen-bond donors (Lipinski definition) is 0. The molecule has 48 valence electrons. The van der Waals surface area contributed by atoms with Crippen molar-refractivity contribution in [2.75, 3.05) is 0 Å². The van der Waals surface area contributed by atoms with Crippen LogP contribution in [0.25, 0.3) is 0 Å².